The van der Waals surface area contributed by atoms with Crippen LogP contribution in [0.1, 0.15) is 46.4 Å². The van der Waals surface area contributed by atoms with E-state index >= 15 is 0 Å². The molecule has 6 nitrogen and oxygen atoms in total. The van der Waals surface area contributed by atoms with Gasteiger partial charge in [-0.1, -0.05) is 15.9 Å². The minimum Gasteiger partial charge on any atom is -0.478 e. The molecule has 2 aliphatic heterocycles. The first-order chi connectivity index (χ1) is 15.0. The Morgan fingerprint density at radius 1 is 1.03 bits per heavy atom. The van der Waals surface area contributed by atoms with Crippen LogP contribution in [0.2, 0.25) is 0 Å². The third-order valence-corrected chi connectivity index (χ3v) is 6.69. The molecule has 2 heterocycles. The summed E-state index contributed by atoms with van der Waals surface area (Å²) >= 11 is 3.36. The Balaban J connectivity index is 1.48. The second-order valence-corrected chi connectivity index (χ2v) is 9.38. The monoisotopic (exact) mass is 485 g/mol. The van der Waals surface area contributed by atoms with Gasteiger partial charge in [-0.05, 0) is 87.2 Å². The fraction of sp³-hybridized carbons (Fsp3) is 0.417. The van der Waals surface area contributed by atoms with E-state index in [0.717, 1.165) is 36.2 Å². The topological polar surface area (TPSA) is 72.9 Å². The maximum absolute atomic E-state index is 12.5. The molecule has 2 fully saturated rings. The minimum atomic E-state index is -0.976. The summed E-state index contributed by atoms with van der Waals surface area (Å²) in [5, 5.41) is 12.7. The fourth-order valence-corrected chi connectivity index (χ4v) is 4.89. The van der Waals surface area contributed by atoms with Gasteiger partial charge in [-0.3, -0.25) is 4.79 Å². The number of hydrogen-bond acceptors (Lipinski definition) is 4. The zero-order valence-electron chi connectivity index (χ0n) is 17.5. The summed E-state index contributed by atoms with van der Waals surface area (Å²) in [6.07, 6.45) is 4.83. The number of nitrogens with one attached hydrogen (secondary N) is 1. The molecule has 4 rings (SSSR count). The largest absolute Gasteiger partial charge is 0.478 e. The summed E-state index contributed by atoms with van der Waals surface area (Å²) in [5.74, 6) is -0.679. The third kappa shape index (κ3) is 5.46. The third-order valence-electron chi connectivity index (χ3n) is 6.17. The van der Waals surface area contributed by atoms with E-state index in [4.69, 9.17) is 0 Å². The molecule has 2 saturated heterocycles. The van der Waals surface area contributed by atoms with Crippen molar-refractivity contribution in [2.75, 3.05) is 42.9 Å². The van der Waals surface area contributed by atoms with Gasteiger partial charge >= 0.3 is 5.97 Å². The molecule has 0 radical (unpaired) electrons. The first kappa shape index (κ1) is 21.8. The molecule has 0 bridgehead atoms. The van der Waals surface area contributed by atoms with Crippen molar-refractivity contribution in [3.63, 3.8) is 0 Å². The molecule has 1 atom stereocenters. The van der Waals surface area contributed by atoms with Gasteiger partial charge in [0.25, 0.3) is 5.91 Å². The highest BCUT2D eigenvalue weighted by atomic mass is 79.9. The quantitative estimate of drug-likeness (QED) is 0.619. The highest BCUT2D eigenvalue weighted by molar-refractivity contribution is 9.10. The van der Waals surface area contributed by atoms with Crippen LogP contribution >= 0.6 is 15.9 Å². The van der Waals surface area contributed by atoms with Crippen LogP contribution in [0.3, 0.4) is 0 Å². The Morgan fingerprint density at radius 2 is 1.77 bits per heavy atom. The van der Waals surface area contributed by atoms with Gasteiger partial charge in [-0.15, -0.1) is 0 Å². The van der Waals surface area contributed by atoms with Crippen LogP contribution in [0.5, 0.6) is 0 Å². The number of halogens is 1. The Labute approximate surface area is 191 Å². The highest BCUT2D eigenvalue weighted by Crippen LogP contribution is 2.30. The standard InChI is InChI=1S/C24H28BrN3O3/c25-19-7-5-18(6-8-19)23(29)26-20-9-10-22(21(14-20)24(30)31)28-13-3-4-17(16-28)15-27-11-1-2-12-27/h5-10,14,17H,1-4,11-13,15-16H2,(H,26,29)(H,30,31)/t17-/m0/s1. The molecule has 0 spiro atoms. The van der Waals surface area contributed by atoms with E-state index in [9.17, 15) is 14.7 Å². The number of carboxylic acids is 1. The summed E-state index contributed by atoms with van der Waals surface area (Å²) in [4.78, 5) is 29.3. The first-order valence-corrected chi connectivity index (χ1v) is 11.7. The number of amides is 1. The van der Waals surface area contributed by atoms with Crippen LogP contribution in [-0.4, -0.2) is 54.6 Å². The van der Waals surface area contributed by atoms with Gasteiger partial charge in [0.15, 0.2) is 0 Å². The van der Waals surface area contributed by atoms with Crippen molar-refractivity contribution in [3.8, 4) is 0 Å². The van der Waals surface area contributed by atoms with E-state index in [1.165, 1.54) is 32.4 Å². The van der Waals surface area contributed by atoms with E-state index in [0.29, 0.717) is 17.2 Å². The van der Waals surface area contributed by atoms with Gasteiger partial charge in [0.2, 0.25) is 0 Å². The van der Waals surface area contributed by atoms with Gasteiger partial charge in [0.05, 0.1) is 11.3 Å². The van der Waals surface area contributed by atoms with Crippen LogP contribution in [-0.2, 0) is 0 Å². The Kier molecular flexibility index (Phi) is 6.92. The number of rotatable bonds is 6. The number of benzene rings is 2. The molecular formula is C24H28BrN3O3. The van der Waals surface area contributed by atoms with Crippen molar-refractivity contribution in [2.45, 2.75) is 25.7 Å². The molecule has 2 aliphatic rings. The number of carbonyl (C=O) groups is 2. The van der Waals surface area contributed by atoms with Gasteiger partial charge in [0.1, 0.15) is 0 Å². The number of piperidine rings is 1. The van der Waals surface area contributed by atoms with Crippen LogP contribution in [0.4, 0.5) is 11.4 Å². The maximum atomic E-state index is 12.5. The molecule has 0 saturated carbocycles. The van der Waals surface area contributed by atoms with Gasteiger partial charge in [-0.25, -0.2) is 4.79 Å². The van der Waals surface area contributed by atoms with E-state index in [2.05, 4.69) is 31.0 Å². The van der Waals surface area contributed by atoms with E-state index in [1.54, 1.807) is 36.4 Å². The fourth-order valence-electron chi connectivity index (χ4n) is 4.63. The van der Waals surface area contributed by atoms with Crippen LogP contribution < -0.4 is 10.2 Å². The minimum absolute atomic E-state index is 0.232. The average molecular weight is 486 g/mol. The van der Waals surface area contributed by atoms with Gasteiger partial charge in [0, 0.05) is 35.4 Å². The second-order valence-electron chi connectivity index (χ2n) is 8.46. The average Bonchev–Trinajstić information content (AvgIpc) is 3.27. The number of anilines is 2. The predicted octanol–water partition coefficient (Wildman–Crippen LogP) is 4.71. The van der Waals surface area contributed by atoms with Crippen LogP contribution in [0, 0.1) is 5.92 Å². The Hall–Kier alpha value is -2.38. The summed E-state index contributed by atoms with van der Waals surface area (Å²) < 4.78 is 0.895. The molecule has 2 N–H and O–H groups in total. The number of aromatic carboxylic acids is 1. The molecule has 164 valence electrons. The lowest BCUT2D eigenvalue weighted by Crippen LogP contribution is -2.41. The molecule has 0 unspecified atom stereocenters. The smallest absolute Gasteiger partial charge is 0.337 e. The number of carboxylic acid groups (broad SMARTS) is 1. The lowest BCUT2D eigenvalue weighted by Gasteiger charge is -2.36. The number of carbonyl (C=O) groups excluding carboxylic acids is 1. The predicted molar refractivity (Wildman–Crippen MR) is 126 cm³/mol. The molecule has 1 amide bonds. The number of nitrogens with zero attached hydrogens (tertiary/aromatic N) is 2. The van der Waals surface area contributed by atoms with Crippen molar-refractivity contribution >= 4 is 39.2 Å². The van der Waals surface area contributed by atoms with Crippen molar-refractivity contribution in [3.05, 3.63) is 58.1 Å². The van der Waals surface area contributed by atoms with Gasteiger partial charge < -0.3 is 20.2 Å². The lowest BCUT2D eigenvalue weighted by atomic mass is 9.96. The van der Waals surface area contributed by atoms with E-state index in [1.807, 2.05) is 6.07 Å². The van der Waals surface area contributed by atoms with Crippen molar-refractivity contribution in [1.29, 1.82) is 0 Å². The molecule has 31 heavy (non-hydrogen) atoms. The molecular weight excluding hydrogens is 458 g/mol. The van der Waals surface area contributed by atoms with E-state index < -0.39 is 5.97 Å². The zero-order chi connectivity index (χ0) is 21.8. The van der Waals surface area contributed by atoms with Crippen molar-refractivity contribution in [1.82, 2.24) is 4.90 Å². The highest BCUT2D eigenvalue weighted by Gasteiger charge is 2.26. The SMILES string of the molecule is O=C(Nc1ccc(N2CCC[C@@H](CN3CCCC3)C2)c(C(=O)O)c1)c1ccc(Br)cc1. The number of likely N-dealkylation sites (tertiary alicyclic amines) is 1. The summed E-state index contributed by atoms with van der Waals surface area (Å²) in [5.41, 5.74) is 1.97. The molecule has 2 aromatic carbocycles. The summed E-state index contributed by atoms with van der Waals surface area (Å²) in [7, 11) is 0. The Bertz CT molecular complexity index is 942. The molecule has 0 aromatic heterocycles. The van der Waals surface area contributed by atoms with Crippen molar-refractivity contribution in [2.24, 2.45) is 5.92 Å². The van der Waals surface area contributed by atoms with E-state index in [-0.39, 0.29) is 11.5 Å². The van der Waals surface area contributed by atoms with Crippen LogP contribution in [0.15, 0.2) is 46.9 Å². The van der Waals surface area contributed by atoms with Gasteiger partial charge in [-0.2, -0.15) is 0 Å². The summed E-state index contributed by atoms with van der Waals surface area (Å²) in [6.45, 7) is 5.20. The summed E-state index contributed by atoms with van der Waals surface area (Å²) in [6, 6.07) is 12.2. The normalized spacial score (nSPS) is 19.4. The number of hydrogen-bond donors (Lipinski definition) is 2. The molecule has 0 aliphatic carbocycles. The Morgan fingerprint density at radius 3 is 2.48 bits per heavy atom. The second kappa shape index (κ2) is 9.83. The van der Waals surface area contributed by atoms with Crippen LogP contribution in [0.25, 0.3) is 0 Å². The molecule has 7 heteroatoms. The maximum Gasteiger partial charge on any atom is 0.337 e. The lowest BCUT2D eigenvalue weighted by molar-refractivity contribution is 0.0697. The van der Waals surface area contributed by atoms with Crippen molar-refractivity contribution < 1.29 is 14.7 Å². The zero-order valence-corrected chi connectivity index (χ0v) is 19.1. The first-order valence-electron chi connectivity index (χ1n) is 10.9. The molecule has 2 aromatic rings.